The summed E-state index contributed by atoms with van der Waals surface area (Å²) >= 11 is 0. The van der Waals surface area contributed by atoms with Crippen molar-refractivity contribution in [1.82, 2.24) is 15.8 Å². The number of ether oxygens (including phenoxy) is 1. The van der Waals surface area contributed by atoms with Gasteiger partial charge in [0.25, 0.3) is 11.8 Å². The molecule has 3 aromatic rings. The molecule has 7 nitrogen and oxygen atoms in total. The minimum Gasteiger partial charge on any atom is -0.470 e. The van der Waals surface area contributed by atoms with Crippen molar-refractivity contribution >= 4 is 11.8 Å². The molecule has 0 fully saturated rings. The summed E-state index contributed by atoms with van der Waals surface area (Å²) in [6, 6.07) is 14.5. The summed E-state index contributed by atoms with van der Waals surface area (Å²) in [6.07, 6.45) is 2.62. The number of carbonyl (C=O) groups excluding carboxylic acids is 2. The predicted molar refractivity (Wildman–Crippen MR) is 98.1 cm³/mol. The Balaban J connectivity index is 1.56. The fourth-order valence-corrected chi connectivity index (χ4v) is 2.43. The SMILES string of the molecule is Cc1occc1C(=O)NNC(=O)c1ccc(O[C@H](C)c2ccccc2)nc1. The number of pyridine rings is 1. The lowest BCUT2D eigenvalue weighted by atomic mass is 10.1. The Morgan fingerprint density at radius 2 is 1.78 bits per heavy atom. The van der Waals surface area contributed by atoms with Crippen LogP contribution in [0.15, 0.2) is 65.4 Å². The van der Waals surface area contributed by atoms with Gasteiger partial charge in [-0.2, -0.15) is 0 Å². The Kier molecular flexibility index (Phi) is 5.51. The number of hydrazine groups is 1. The third-order valence-electron chi connectivity index (χ3n) is 3.96. The first-order valence-corrected chi connectivity index (χ1v) is 8.37. The second kappa shape index (κ2) is 8.18. The Hall–Kier alpha value is -3.61. The molecule has 2 amide bonds. The van der Waals surface area contributed by atoms with Crippen LogP contribution in [0.25, 0.3) is 0 Å². The van der Waals surface area contributed by atoms with E-state index < -0.39 is 11.8 Å². The minimum absolute atomic E-state index is 0.170. The van der Waals surface area contributed by atoms with Crippen LogP contribution in [0.5, 0.6) is 5.88 Å². The van der Waals surface area contributed by atoms with Crippen LogP contribution < -0.4 is 15.6 Å². The predicted octanol–water partition coefficient (Wildman–Crippen LogP) is 3.20. The largest absolute Gasteiger partial charge is 0.470 e. The van der Waals surface area contributed by atoms with Gasteiger partial charge in [-0.15, -0.1) is 0 Å². The van der Waals surface area contributed by atoms with Crippen molar-refractivity contribution in [3.05, 3.63) is 83.4 Å². The molecule has 0 unspecified atom stereocenters. The van der Waals surface area contributed by atoms with Crippen molar-refractivity contribution in [3.8, 4) is 5.88 Å². The zero-order valence-electron chi connectivity index (χ0n) is 14.9. The smallest absolute Gasteiger partial charge is 0.273 e. The van der Waals surface area contributed by atoms with Gasteiger partial charge in [-0.3, -0.25) is 20.4 Å². The van der Waals surface area contributed by atoms with Crippen molar-refractivity contribution in [2.75, 3.05) is 0 Å². The van der Waals surface area contributed by atoms with Crippen LogP contribution in [0.4, 0.5) is 0 Å². The molecule has 1 atom stereocenters. The number of hydrogen-bond acceptors (Lipinski definition) is 5. The molecule has 0 aliphatic carbocycles. The summed E-state index contributed by atoms with van der Waals surface area (Å²) in [5.41, 5.74) is 6.35. The van der Waals surface area contributed by atoms with Gasteiger partial charge in [0.15, 0.2) is 0 Å². The number of aryl methyl sites for hydroxylation is 1. The van der Waals surface area contributed by atoms with Crippen molar-refractivity contribution in [1.29, 1.82) is 0 Å². The molecule has 138 valence electrons. The minimum atomic E-state index is -0.486. The molecular formula is C20H19N3O4. The van der Waals surface area contributed by atoms with Crippen LogP contribution in [0.3, 0.4) is 0 Å². The Morgan fingerprint density at radius 1 is 1.04 bits per heavy atom. The molecule has 0 spiro atoms. The van der Waals surface area contributed by atoms with E-state index in [0.717, 1.165) is 5.56 Å². The zero-order valence-corrected chi connectivity index (χ0v) is 14.9. The highest BCUT2D eigenvalue weighted by Gasteiger charge is 2.14. The zero-order chi connectivity index (χ0) is 19.2. The lowest BCUT2D eigenvalue weighted by Crippen LogP contribution is -2.41. The maximum absolute atomic E-state index is 12.1. The highest BCUT2D eigenvalue weighted by atomic mass is 16.5. The van der Waals surface area contributed by atoms with E-state index in [1.54, 1.807) is 19.1 Å². The van der Waals surface area contributed by atoms with E-state index in [-0.39, 0.29) is 6.10 Å². The summed E-state index contributed by atoms with van der Waals surface area (Å²) in [5, 5.41) is 0. The van der Waals surface area contributed by atoms with Crippen LogP contribution in [0.1, 0.15) is 45.1 Å². The first-order valence-electron chi connectivity index (χ1n) is 8.37. The number of furan rings is 1. The van der Waals surface area contributed by atoms with E-state index in [0.29, 0.717) is 22.8 Å². The number of rotatable bonds is 5. The number of benzene rings is 1. The number of amides is 2. The van der Waals surface area contributed by atoms with Gasteiger partial charge >= 0.3 is 0 Å². The maximum Gasteiger partial charge on any atom is 0.273 e. The first-order chi connectivity index (χ1) is 13.0. The second-order valence-electron chi connectivity index (χ2n) is 5.85. The molecule has 3 rings (SSSR count). The number of nitrogens with zero attached hydrogens (tertiary/aromatic N) is 1. The lowest BCUT2D eigenvalue weighted by molar-refractivity contribution is 0.0845. The topological polar surface area (TPSA) is 93.5 Å². The Labute approximate surface area is 156 Å². The summed E-state index contributed by atoms with van der Waals surface area (Å²) < 4.78 is 10.8. The maximum atomic E-state index is 12.1. The third kappa shape index (κ3) is 4.52. The van der Waals surface area contributed by atoms with Crippen LogP contribution in [-0.4, -0.2) is 16.8 Å². The van der Waals surface area contributed by atoms with Crippen molar-refractivity contribution < 1.29 is 18.7 Å². The van der Waals surface area contributed by atoms with Gasteiger partial charge in [0.05, 0.1) is 17.4 Å². The highest BCUT2D eigenvalue weighted by molar-refractivity contribution is 5.99. The summed E-state index contributed by atoms with van der Waals surface area (Å²) in [6.45, 7) is 3.58. The van der Waals surface area contributed by atoms with Crippen molar-refractivity contribution in [3.63, 3.8) is 0 Å². The van der Waals surface area contributed by atoms with Crippen LogP contribution in [0, 0.1) is 6.92 Å². The molecule has 1 aromatic carbocycles. The molecule has 2 heterocycles. The van der Waals surface area contributed by atoms with Gasteiger partial charge in [0.1, 0.15) is 11.9 Å². The standard InChI is InChI=1S/C20H19N3O4/c1-13(15-6-4-3-5-7-15)27-18-9-8-16(12-21-18)19(24)22-23-20(25)17-10-11-26-14(17)2/h3-13H,1-2H3,(H,22,24)(H,23,25)/t13-/m1/s1. The van der Waals surface area contributed by atoms with E-state index in [1.807, 2.05) is 37.3 Å². The van der Waals surface area contributed by atoms with Gasteiger partial charge in [0, 0.05) is 12.3 Å². The molecule has 0 saturated heterocycles. The highest BCUT2D eigenvalue weighted by Crippen LogP contribution is 2.19. The van der Waals surface area contributed by atoms with Gasteiger partial charge in [-0.25, -0.2) is 4.98 Å². The van der Waals surface area contributed by atoms with E-state index in [2.05, 4.69) is 15.8 Å². The molecule has 0 aliphatic heterocycles. The van der Waals surface area contributed by atoms with Crippen molar-refractivity contribution in [2.24, 2.45) is 0 Å². The molecular weight excluding hydrogens is 346 g/mol. The second-order valence-corrected chi connectivity index (χ2v) is 5.85. The number of hydrogen-bond donors (Lipinski definition) is 2. The molecule has 2 N–H and O–H groups in total. The molecule has 0 saturated carbocycles. The average Bonchev–Trinajstić information content (AvgIpc) is 3.13. The quantitative estimate of drug-likeness (QED) is 0.677. The molecule has 27 heavy (non-hydrogen) atoms. The van der Waals surface area contributed by atoms with Crippen LogP contribution in [-0.2, 0) is 0 Å². The van der Waals surface area contributed by atoms with Crippen molar-refractivity contribution in [2.45, 2.75) is 20.0 Å². The van der Waals surface area contributed by atoms with E-state index in [9.17, 15) is 9.59 Å². The van der Waals surface area contributed by atoms with Gasteiger partial charge < -0.3 is 9.15 Å². The lowest BCUT2D eigenvalue weighted by Gasteiger charge is -2.14. The average molecular weight is 365 g/mol. The summed E-state index contributed by atoms with van der Waals surface area (Å²) in [7, 11) is 0. The monoisotopic (exact) mass is 365 g/mol. The normalized spacial score (nSPS) is 11.5. The molecule has 0 bridgehead atoms. The summed E-state index contributed by atoms with van der Waals surface area (Å²) in [4.78, 5) is 28.2. The van der Waals surface area contributed by atoms with Gasteiger partial charge in [0.2, 0.25) is 5.88 Å². The molecule has 0 radical (unpaired) electrons. The van der Waals surface area contributed by atoms with Gasteiger partial charge in [-0.05, 0) is 31.5 Å². The third-order valence-corrected chi connectivity index (χ3v) is 3.96. The molecule has 2 aromatic heterocycles. The van der Waals surface area contributed by atoms with Crippen LogP contribution >= 0.6 is 0 Å². The molecule has 7 heteroatoms. The van der Waals surface area contributed by atoms with E-state index in [4.69, 9.17) is 9.15 Å². The van der Waals surface area contributed by atoms with Crippen LogP contribution in [0.2, 0.25) is 0 Å². The van der Waals surface area contributed by atoms with E-state index in [1.165, 1.54) is 18.5 Å². The number of carbonyl (C=O) groups is 2. The number of aromatic nitrogens is 1. The first kappa shape index (κ1) is 18.2. The fourth-order valence-electron chi connectivity index (χ4n) is 2.43. The van der Waals surface area contributed by atoms with E-state index >= 15 is 0 Å². The molecule has 0 aliphatic rings. The Bertz CT molecular complexity index is 920. The Morgan fingerprint density at radius 3 is 2.41 bits per heavy atom. The number of nitrogens with one attached hydrogen (secondary N) is 2. The fraction of sp³-hybridized carbons (Fsp3) is 0.150. The van der Waals surface area contributed by atoms with Gasteiger partial charge in [-0.1, -0.05) is 30.3 Å². The summed E-state index contributed by atoms with van der Waals surface area (Å²) in [5.74, 6) is -0.0720.